The number of ether oxygens (including phenoxy) is 1. The first-order valence-corrected chi connectivity index (χ1v) is 5.06. The maximum atomic E-state index is 8.77. The van der Waals surface area contributed by atoms with Crippen molar-refractivity contribution in [3.8, 4) is 5.88 Å². The highest BCUT2D eigenvalue weighted by molar-refractivity contribution is 5.85. The molecule has 6 heteroatoms. The molecule has 2 aromatic rings. The van der Waals surface area contributed by atoms with Crippen LogP contribution in [0.1, 0.15) is 5.56 Å². The van der Waals surface area contributed by atoms with Gasteiger partial charge in [-0.15, -0.1) is 12.4 Å². The minimum Gasteiger partial charge on any atom is -0.473 e. The quantitative estimate of drug-likeness (QED) is 0.863. The van der Waals surface area contributed by atoms with Crippen LogP contribution < -0.4 is 10.5 Å². The molecular formula is C11H15ClN2O3. The lowest BCUT2D eigenvalue weighted by atomic mass is 10.2. The van der Waals surface area contributed by atoms with Crippen LogP contribution in [0.5, 0.6) is 5.88 Å². The van der Waals surface area contributed by atoms with Crippen LogP contribution in [0.15, 0.2) is 22.7 Å². The first-order valence-electron chi connectivity index (χ1n) is 5.06. The Labute approximate surface area is 105 Å². The lowest BCUT2D eigenvalue weighted by Gasteiger charge is -2.07. The van der Waals surface area contributed by atoms with Crippen molar-refractivity contribution in [2.75, 3.05) is 13.2 Å². The van der Waals surface area contributed by atoms with Crippen LogP contribution in [0.2, 0.25) is 0 Å². The summed E-state index contributed by atoms with van der Waals surface area (Å²) in [4.78, 5) is 0. The number of hydrogen-bond acceptors (Lipinski definition) is 5. The SMILES string of the molecule is Cc1ccc2onc(OCC(N)CO)c2c1.Cl. The normalized spacial score (nSPS) is 12.2. The van der Waals surface area contributed by atoms with Gasteiger partial charge in [-0.25, -0.2) is 0 Å². The van der Waals surface area contributed by atoms with Crippen molar-refractivity contribution in [1.82, 2.24) is 5.16 Å². The van der Waals surface area contributed by atoms with Crippen molar-refractivity contribution in [2.24, 2.45) is 5.73 Å². The largest absolute Gasteiger partial charge is 0.473 e. The molecule has 94 valence electrons. The molecule has 1 unspecified atom stereocenters. The van der Waals surface area contributed by atoms with Gasteiger partial charge in [-0.05, 0) is 24.2 Å². The molecule has 0 fully saturated rings. The number of nitrogens with two attached hydrogens (primary N) is 1. The van der Waals surface area contributed by atoms with Gasteiger partial charge in [0.15, 0.2) is 5.58 Å². The third kappa shape index (κ3) is 3.09. The fraction of sp³-hybridized carbons (Fsp3) is 0.364. The topological polar surface area (TPSA) is 81.5 Å². The summed E-state index contributed by atoms with van der Waals surface area (Å²) in [6, 6.07) is 5.32. The summed E-state index contributed by atoms with van der Waals surface area (Å²) in [7, 11) is 0. The minimum atomic E-state index is -0.406. The van der Waals surface area contributed by atoms with Crippen LogP contribution in [0.4, 0.5) is 0 Å². The number of nitrogens with zero attached hydrogens (tertiary/aromatic N) is 1. The molecule has 0 saturated heterocycles. The van der Waals surface area contributed by atoms with Crippen LogP contribution in [0.25, 0.3) is 11.0 Å². The summed E-state index contributed by atoms with van der Waals surface area (Å²) in [5, 5.41) is 13.4. The second-order valence-electron chi connectivity index (χ2n) is 3.74. The van der Waals surface area contributed by atoms with Gasteiger partial charge in [0.2, 0.25) is 0 Å². The average molecular weight is 259 g/mol. The van der Waals surface area contributed by atoms with E-state index in [-0.39, 0.29) is 25.6 Å². The lowest BCUT2D eigenvalue weighted by molar-refractivity contribution is 0.198. The van der Waals surface area contributed by atoms with Gasteiger partial charge in [0.1, 0.15) is 6.61 Å². The molecule has 0 radical (unpaired) electrons. The molecular weight excluding hydrogens is 244 g/mol. The molecule has 1 aromatic carbocycles. The molecule has 1 heterocycles. The lowest BCUT2D eigenvalue weighted by Crippen LogP contribution is -2.31. The molecule has 5 nitrogen and oxygen atoms in total. The first-order chi connectivity index (χ1) is 7.70. The number of hydrogen-bond donors (Lipinski definition) is 2. The van der Waals surface area contributed by atoms with Crippen LogP contribution in [-0.2, 0) is 0 Å². The summed E-state index contributed by atoms with van der Waals surface area (Å²) < 4.78 is 10.5. The third-order valence-electron chi connectivity index (χ3n) is 2.26. The van der Waals surface area contributed by atoms with Gasteiger partial charge in [0.05, 0.1) is 18.0 Å². The van der Waals surface area contributed by atoms with Crippen molar-refractivity contribution < 1.29 is 14.4 Å². The van der Waals surface area contributed by atoms with Gasteiger partial charge in [0, 0.05) is 0 Å². The molecule has 2 rings (SSSR count). The maximum Gasteiger partial charge on any atom is 0.262 e. The fourth-order valence-corrected chi connectivity index (χ4v) is 1.37. The predicted octanol–water partition coefficient (Wildman–Crippen LogP) is 1.26. The molecule has 0 aliphatic rings. The number of aliphatic hydroxyl groups is 1. The maximum absolute atomic E-state index is 8.77. The number of fused-ring (bicyclic) bond motifs is 1. The predicted molar refractivity (Wildman–Crippen MR) is 66.6 cm³/mol. The van der Waals surface area contributed by atoms with Crippen molar-refractivity contribution in [2.45, 2.75) is 13.0 Å². The van der Waals surface area contributed by atoms with Crippen LogP contribution >= 0.6 is 12.4 Å². The smallest absolute Gasteiger partial charge is 0.262 e. The number of aryl methyl sites for hydroxylation is 1. The highest BCUT2D eigenvalue weighted by Crippen LogP contribution is 2.25. The van der Waals surface area contributed by atoms with Gasteiger partial charge in [-0.1, -0.05) is 11.6 Å². The molecule has 0 saturated carbocycles. The average Bonchev–Trinajstić information content (AvgIpc) is 2.68. The van der Waals surface area contributed by atoms with Gasteiger partial charge in [0.25, 0.3) is 5.88 Å². The molecule has 17 heavy (non-hydrogen) atoms. The molecule has 3 N–H and O–H groups in total. The van der Waals surface area contributed by atoms with E-state index in [4.69, 9.17) is 20.1 Å². The number of rotatable bonds is 4. The Morgan fingerprint density at radius 3 is 3.00 bits per heavy atom. The monoisotopic (exact) mass is 258 g/mol. The number of aromatic nitrogens is 1. The van der Waals surface area contributed by atoms with E-state index in [1.165, 1.54) is 0 Å². The summed E-state index contributed by atoms with van der Waals surface area (Å²) in [5.74, 6) is 0.419. The summed E-state index contributed by atoms with van der Waals surface area (Å²) in [6.45, 7) is 2.08. The van der Waals surface area contributed by atoms with Crippen LogP contribution in [0.3, 0.4) is 0 Å². The number of aliphatic hydroxyl groups excluding tert-OH is 1. The summed E-state index contributed by atoms with van der Waals surface area (Å²) in [6.07, 6.45) is 0. The molecule has 0 spiro atoms. The molecule has 0 bridgehead atoms. The van der Waals surface area contributed by atoms with E-state index in [1.54, 1.807) is 0 Å². The van der Waals surface area contributed by atoms with Crippen LogP contribution in [-0.4, -0.2) is 29.5 Å². The zero-order valence-corrected chi connectivity index (χ0v) is 10.2. The van der Waals surface area contributed by atoms with Crippen molar-refractivity contribution in [3.63, 3.8) is 0 Å². The van der Waals surface area contributed by atoms with E-state index >= 15 is 0 Å². The van der Waals surface area contributed by atoms with Gasteiger partial charge in [-0.3, -0.25) is 0 Å². The zero-order chi connectivity index (χ0) is 11.5. The summed E-state index contributed by atoms with van der Waals surface area (Å²) >= 11 is 0. The Morgan fingerprint density at radius 2 is 2.29 bits per heavy atom. The third-order valence-corrected chi connectivity index (χ3v) is 2.26. The number of benzene rings is 1. The summed E-state index contributed by atoms with van der Waals surface area (Å²) in [5.41, 5.74) is 7.31. The van der Waals surface area contributed by atoms with Crippen molar-refractivity contribution in [3.05, 3.63) is 23.8 Å². The molecule has 0 amide bonds. The van der Waals surface area contributed by atoms with E-state index in [9.17, 15) is 0 Å². The highest BCUT2D eigenvalue weighted by atomic mass is 35.5. The van der Waals surface area contributed by atoms with Crippen molar-refractivity contribution >= 4 is 23.4 Å². The van der Waals surface area contributed by atoms with E-state index in [0.29, 0.717) is 11.5 Å². The molecule has 1 atom stereocenters. The minimum absolute atomic E-state index is 0. The second kappa shape index (κ2) is 5.86. The molecule has 1 aromatic heterocycles. The van der Waals surface area contributed by atoms with Gasteiger partial charge in [-0.2, -0.15) is 0 Å². The first kappa shape index (κ1) is 13.8. The standard InChI is InChI=1S/C11H14N2O3.ClH/c1-7-2-3-10-9(4-7)11(13-16-10)15-6-8(12)5-14;/h2-4,8,14H,5-6,12H2,1H3;1H. The van der Waals surface area contributed by atoms with E-state index < -0.39 is 6.04 Å². The fourth-order valence-electron chi connectivity index (χ4n) is 1.37. The molecule has 0 aliphatic heterocycles. The Morgan fingerprint density at radius 1 is 1.53 bits per heavy atom. The van der Waals surface area contributed by atoms with Crippen LogP contribution in [0, 0.1) is 6.92 Å². The Balaban J connectivity index is 0.00000144. The highest BCUT2D eigenvalue weighted by Gasteiger charge is 2.10. The van der Waals surface area contributed by atoms with E-state index in [0.717, 1.165) is 10.9 Å². The Bertz CT molecular complexity index is 487. The molecule has 0 aliphatic carbocycles. The van der Waals surface area contributed by atoms with Crippen molar-refractivity contribution in [1.29, 1.82) is 0 Å². The zero-order valence-electron chi connectivity index (χ0n) is 9.42. The van der Waals surface area contributed by atoms with Gasteiger partial charge >= 0.3 is 0 Å². The van der Waals surface area contributed by atoms with Gasteiger partial charge < -0.3 is 20.1 Å². The van der Waals surface area contributed by atoms with E-state index in [2.05, 4.69) is 5.16 Å². The Hall–Kier alpha value is -1.30. The number of halogens is 1. The van der Waals surface area contributed by atoms with E-state index in [1.807, 2.05) is 25.1 Å². The Kier molecular flexibility index (Phi) is 4.74. The second-order valence-corrected chi connectivity index (χ2v) is 3.74.